The van der Waals surface area contributed by atoms with Crippen molar-refractivity contribution in [3.05, 3.63) is 35.9 Å². The van der Waals surface area contributed by atoms with Gasteiger partial charge in [-0.25, -0.2) is 0 Å². The molecule has 0 bridgehead atoms. The Bertz CT molecular complexity index is 312. The average molecular weight is 233 g/mol. The SMILES string of the molecule is CCCNC1CCOCC1Cc1ccccc1. The number of ether oxygens (including phenoxy) is 1. The summed E-state index contributed by atoms with van der Waals surface area (Å²) >= 11 is 0. The van der Waals surface area contributed by atoms with E-state index in [9.17, 15) is 0 Å². The fraction of sp³-hybridized carbons (Fsp3) is 0.600. The van der Waals surface area contributed by atoms with Gasteiger partial charge in [0.15, 0.2) is 0 Å². The summed E-state index contributed by atoms with van der Waals surface area (Å²) in [5, 5.41) is 3.66. The molecule has 1 aliphatic heterocycles. The molecule has 1 aromatic carbocycles. The van der Waals surface area contributed by atoms with E-state index in [0.29, 0.717) is 12.0 Å². The van der Waals surface area contributed by atoms with Crippen LogP contribution in [0.3, 0.4) is 0 Å². The molecule has 1 heterocycles. The first-order valence-electron chi connectivity index (χ1n) is 6.75. The summed E-state index contributed by atoms with van der Waals surface area (Å²) in [4.78, 5) is 0. The van der Waals surface area contributed by atoms with Crippen LogP contribution in [-0.4, -0.2) is 25.8 Å². The second-order valence-electron chi connectivity index (χ2n) is 4.87. The number of hydrogen-bond acceptors (Lipinski definition) is 2. The van der Waals surface area contributed by atoms with E-state index in [0.717, 1.165) is 32.6 Å². The molecule has 2 heteroatoms. The molecule has 2 atom stereocenters. The van der Waals surface area contributed by atoms with Gasteiger partial charge in [0.2, 0.25) is 0 Å². The summed E-state index contributed by atoms with van der Waals surface area (Å²) in [5.74, 6) is 0.623. The van der Waals surface area contributed by atoms with Gasteiger partial charge in [0.25, 0.3) is 0 Å². The van der Waals surface area contributed by atoms with E-state index >= 15 is 0 Å². The molecule has 1 saturated heterocycles. The molecule has 1 aromatic rings. The van der Waals surface area contributed by atoms with Crippen LogP contribution in [0.5, 0.6) is 0 Å². The number of benzene rings is 1. The van der Waals surface area contributed by atoms with Crippen LogP contribution in [0.15, 0.2) is 30.3 Å². The van der Waals surface area contributed by atoms with Crippen molar-refractivity contribution in [3.63, 3.8) is 0 Å². The van der Waals surface area contributed by atoms with Crippen LogP contribution in [0.25, 0.3) is 0 Å². The minimum absolute atomic E-state index is 0.623. The smallest absolute Gasteiger partial charge is 0.0512 e. The van der Waals surface area contributed by atoms with Gasteiger partial charge in [-0.1, -0.05) is 37.3 Å². The summed E-state index contributed by atoms with van der Waals surface area (Å²) in [6, 6.07) is 11.4. The molecule has 0 saturated carbocycles. The molecule has 1 N–H and O–H groups in total. The molecule has 1 aliphatic rings. The third-order valence-corrected chi connectivity index (χ3v) is 3.47. The third kappa shape index (κ3) is 3.83. The molecule has 2 nitrogen and oxygen atoms in total. The Morgan fingerprint density at radius 1 is 1.29 bits per heavy atom. The maximum Gasteiger partial charge on any atom is 0.0512 e. The third-order valence-electron chi connectivity index (χ3n) is 3.47. The van der Waals surface area contributed by atoms with E-state index in [1.807, 2.05) is 0 Å². The Balaban J connectivity index is 1.92. The highest BCUT2D eigenvalue weighted by Crippen LogP contribution is 2.19. The molecular formula is C15H23NO. The Kier molecular flexibility index (Phi) is 5.02. The lowest BCUT2D eigenvalue weighted by Crippen LogP contribution is -2.43. The minimum Gasteiger partial charge on any atom is -0.381 e. The molecule has 0 aromatic heterocycles. The molecule has 1 fully saturated rings. The van der Waals surface area contributed by atoms with E-state index < -0.39 is 0 Å². The van der Waals surface area contributed by atoms with Crippen molar-refractivity contribution >= 4 is 0 Å². The van der Waals surface area contributed by atoms with Crippen LogP contribution in [0.1, 0.15) is 25.3 Å². The maximum atomic E-state index is 5.62. The first-order valence-corrected chi connectivity index (χ1v) is 6.75. The van der Waals surface area contributed by atoms with E-state index in [2.05, 4.69) is 42.6 Å². The molecular weight excluding hydrogens is 210 g/mol. The van der Waals surface area contributed by atoms with Gasteiger partial charge in [0.05, 0.1) is 6.61 Å². The largest absolute Gasteiger partial charge is 0.381 e. The zero-order valence-electron chi connectivity index (χ0n) is 10.7. The van der Waals surface area contributed by atoms with Crippen LogP contribution < -0.4 is 5.32 Å². The zero-order valence-corrected chi connectivity index (χ0v) is 10.7. The normalized spacial score (nSPS) is 24.8. The molecule has 94 valence electrons. The molecule has 0 spiro atoms. The predicted molar refractivity (Wildman–Crippen MR) is 71.2 cm³/mol. The van der Waals surface area contributed by atoms with Gasteiger partial charge >= 0.3 is 0 Å². The summed E-state index contributed by atoms with van der Waals surface area (Å²) in [7, 11) is 0. The Hall–Kier alpha value is -0.860. The Morgan fingerprint density at radius 2 is 2.12 bits per heavy atom. The van der Waals surface area contributed by atoms with Gasteiger partial charge in [0, 0.05) is 18.6 Å². The van der Waals surface area contributed by atoms with Crippen molar-refractivity contribution in [2.24, 2.45) is 5.92 Å². The summed E-state index contributed by atoms with van der Waals surface area (Å²) in [5.41, 5.74) is 1.42. The molecule has 17 heavy (non-hydrogen) atoms. The molecule has 2 rings (SSSR count). The highest BCUT2D eigenvalue weighted by Gasteiger charge is 2.25. The van der Waals surface area contributed by atoms with Crippen LogP contribution in [0.4, 0.5) is 0 Å². The molecule has 0 radical (unpaired) electrons. The van der Waals surface area contributed by atoms with Gasteiger partial charge in [-0.2, -0.15) is 0 Å². The number of nitrogens with one attached hydrogen (secondary N) is 1. The summed E-state index contributed by atoms with van der Waals surface area (Å²) in [6.45, 7) is 5.15. The van der Waals surface area contributed by atoms with Crippen molar-refractivity contribution in [1.82, 2.24) is 5.32 Å². The quantitative estimate of drug-likeness (QED) is 0.844. The van der Waals surface area contributed by atoms with Gasteiger partial charge < -0.3 is 10.1 Å². The topological polar surface area (TPSA) is 21.3 Å². The number of rotatable bonds is 5. The standard InChI is InChI=1S/C15H23NO/c1-2-9-16-15-8-10-17-12-14(15)11-13-6-4-3-5-7-13/h3-7,14-16H,2,8-12H2,1H3. The van der Waals surface area contributed by atoms with E-state index in [1.54, 1.807) is 0 Å². The molecule has 0 amide bonds. The molecule has 0 aliphatic carbocycles. The van der Waals surface area contributed by atoms with Crippen molar-refractivity contribution in [3.8, 4) is 0 Å². The highest BCUT2D eigenvalue weighted by atomic mass is 16.5. The van der Waals surface area contributed by atoms with E-state index in [4.69, 9.17) is 4.74 Å². The summed E-state index contributed by atoms with van der Waals surface area (Å²) in [6.07, 6.45) is 3.48. The van der Waals surface area contributed by atoms with Gasteiger partial charge in [-0.15, -0.1) is 0 Å². The van der Waals surface area contributed by atoms with E-state index in [1.165, 1.54) is 12.0 Å². The van der Waals surface area contributed by atoms with Gasteiger partial charge in [-0.3, -0.25) is 0 Å². The number of hydrogen-bond donors (Lipinski definition) is 1. The van der Waals surface area contributed by atoms with Crippen molar-refractivity contribution in [2.45, 2.75) is 32.2 Å². The van der Waals surface area contributed by atoms with Crippen LogP contribution in [-0.2, 0) is 11.2 Å². The van der Waals surface area contributed by atoms with Crippen molar-refractivity contribution in [1.29, 1.82) is 0 Å². The lowest BCUT2D eigenvalue weighted by Gasteiger charge is -2.32. The monoisotopic (exact) mass is 233 g/mol. The fourth-order valence-corrected chi connectivity index (χ4v) is 2.51. The fourth-order valence-electron chi connectivity index (χ4n) is 2.51. The lowest BCUT2D eigenvalue weighted by molar-refractivity contribution is 0.0323. The minimum atomic E-state index is 0.623. The first kappa shape index (κ1) is 12.6. The first-order chi connectivity index (χ1) is 8.40. The maximum absolute atomic E-state index is 5.62. The Morgan fingerprint density at radius 3 is 2.88 bits per heavy atom. The highest BCUT2D eigenvalue weighted by molar-refractivity contribution is 5.15. The second kappa shape index (κ2) is 6.77. The van der Waals surface area contributed by atoms with Crippen molar-refractivity contribution < 1.29 is 4.74 Å². The summed E-state index contributed by atoms with van der Waals surface area (Å²) < 4.78 is 5.62. The average Bonchev–Trinajstić information content (AvgIpc) is 2.39. The Labute approximate surface area is 104 Å². The van der Waals surface area contributed by atoms with Gasteiger partial charge in [-0.05, 0) is 31.4 Å². The van der Waals surface area contributed by atoms with Crippen molar-refractivity contribution in [2.75, 3.05) is 19.8 Å². The predicted octanol–water partition coefficient (Wildman–Crippen LogP) is 2.63. The van der Waals surface area contributed by atoms with Crippen LogP contribution in [0, 0.1) is 5.92 Å². The van der Waals surface area contributed by atoms with Crippen LogP contribution in [0.2, 0.25) is 0 Å². The second-order valence-corrected chi connectivity index (χ2v) is 4.87. The van der Waals surface area contributed by atoms with E-state index in [-0.39, 0.29) is 0 Å². The molecule has 2 unspecified atom stereocenters. The lowest BCUT2D eigenvalue weighted by atomic mass is 9.89. The van der Waals surface area contributed by atoms with Crippen LogP contribution >= 0.6 is 0 Å². The zero-order chi connectivity index (χ0) is 11.9. The van der Waals surface area contributed by atoms with Gasteiger partial charge in [0.1, 0.15) is 0 Å².